The van der Waals surface area contributed by atoms with E-state index in [9.17, 15) is 4.79 Å². The fraction of sp³-hybridized carbons (Fsp3) is 0.786. The van der Waals surface area contributed by atoms with Crippen molar-refractivity contribution in [1.82, 2.24) is 0 Å². The first-order valence-electron chi connectivity index (χ1n) is 6.64. The molecule has 98 valence electrons. The summed E-state index contributed by atoms with van der Waals surface area (Å²) in [6.07, 6.45) is 7.57. The van der Waals surface area contributed by atoms with E-state index in [1.54, 1.807) is 13.0 Å². The summed E-state index contributed by atoms with van der Waals surface area (Å²) >= 11 is 0. The van der Waals surface area contributed by atoms with E-state index in [4.69, 9.17) is 9.47 Å². The Hall–Kier alpha value is -0.830. The zero-order chi connectivity index (χ0) is 12.7. The van der Waals surface area contributed by atoms with Crippen molar-refractivity contribution in [1.29, 1.82) is 0 Å². The molecule has 0 aromatic rings. The van der Waals surface area contributed by atoms with Gasteiger partial charge < -0.3 is 9.47 Å². The van der Waals surface area contributed by atoms with Crippen LogP contribution in [0.15, 0.2) is 11.6 Å². The van der Waals surface area contributed by atoms with Crippen LogP contribution in [0.4, 0.5) is 0 Å². The SMILES string of the molecule is CC=C(C)C(=O)OC1OCC1CCCCCC. The number of carbonyl (C=O) groups excluding carboxylic acids is 1. The molecule has 17 heavy (non-hydrogen) atoms. The summed E-state index contributed by atoms with van der Waals surface area (Å²) in [5.74, 6) is 0.149. The van der Waals surface area contributed by atoms with Gasteiger partial charge in [-0.1, -0.05) is 38.7 Å². The van der Waals surface area contributed by atoms with Crippen molar-refractivity contribution < 1.29 is 14.3 Å². The first-order chi connectivity index (χ1) is 8.19. The van der Waals surface area contributed by atoms with Gasteiger partial charge in [0.1, 0.15) is 0 Å². The number of hydrogen-bond donors (Lipinski definition) is 0. The molecule has 1 aliphatic heterocycles. The Morgan fingerprint density at radius 2 is 2.18 bits per heavy atom. The monoisotopic (exact) mass is 240 g/mol. The molecule has 3 heteroatoms. The van der Waals surface area contributed by atoms with Crippen molar-refractivity contribution in [3.63, 3.8) is 0 Å². The van der Waals surface area contributed by atoms with Gasteiger partial charge >= 0.3 is 5.97 Å². The summed E-state index contributed by atoms with van der Waals surface area (Å²) in [5, 5.41) is 0. The van der Waals surface area contributed by atoms with E-state index in [0.717, 1.165) is 13.0 Å². The Morgan fingerprint density at radius 1 is 1.41 bits per heavy atom. The van der Waals surface area contributed by atoms with Crippen LogP contribution in [0.1, 0.15) is 52.9 Å². The number of esters is 1. The summed E-state index contributed by atoms with van der Waals surface area (Å²) in [6, 6.07) is 0. The molecule has 0 aliphatic carbocycles. The molecule has 0 amide bonds. The lowest BCUT2D eigenvalue weighted by Gasteiger charge is -2.35. The lowest BCUT2D eigenvalue weighted by molar-refractivity contribution is -0.249. The third-order valence-electron chi connectivity index (χ3n) is 3.27. The molecule has 0 aromatic heterocycles. The molecule has 0 spiro atoms. The second-order valence-electron chi connectivity index (χ2n) is 4.69. The molecule has 0 bridgehead atoms. The smallest absolute Gasteiger partial charge is 0.335 e. The average Bonchev–Trinajstić information content (AvgIpc) is 2.33. The molecule has 1 heterocycles. The number of carbonyl (C=O) groups is 1. The number of allylic oxidation sites excluding steroid dienone is 1. The van der Waals surface area contributed by atoms with E-state index >= 15 is 0 Å². The van der Waals surface area contributed by atoms with E-state index in [0.29, 0.717) is 11.5 Å². The molecule has 1 saturated heterocycles. The van der Waals surface area contributed by atoms with E-state index in [1.165, 1.54) is 25.7 Å². The van der Waals surface area contributed by atoms with Crippen LogP contribution in [0.25, 0.3) is 0 Å². The number of rotatable bonds is 7. The van der Waals surface area contributed by atoms with Crippen LogP contribution in [0, 0.1) is 5.92 Å². The highest BCUT2D eigenvalue weighted by Crippen LogP contribution is 2.27. The fourth-order valence-electron chi connectivity index (χ4n) is 1.81. The molecule has 2 unspecified atom stereocenters. The minimum absolute atomic E-state index is 0.254. The molecule has 0 radical (unpaired) electrons. The second kappa shape index (κ2) is 7.49. The third kappa shape index (κ3) is 4.50. The van der Waals surface area contributed by atoms with Crippen molar-refractivity contribution in [2.24, 2.45) is 5.92 Å². The van der Waals surface area contributed by atoms with Gasteiger partial charge in [0.2, 0.25) is 6.29 Å². The first-order valence-corrected chi connectivity index (χ1v) is 6.64. The molecular formula is C14H24O3. The minimum atomic E-state index is -0.306. The molecule has 0 saturated carbocycles. The number of ether oxygens (including phenoxy) is 2. The molecule has 2 atom stereocenters. The third-order valence-corrected chi connectivity index (χ3v) is 3.27. The fourth-order valence-corrected chi connectivity index (χ4v) is 1.81. The molecule has 3 nitrogen and oxygen atoms in total. The summed E-state index contributed by atoms with van der Waals surface area (Å²) in [4.78, 5) is 11.5. The Balaban J connectivity index is 2.20. The maximum Gasteiger partial charge on any atom is 0.335 e. The number of hydrogen-bond acceptors (Lipinski definition) is 3. The Bertz CT molecular complexity index is 271. The van der Waals surface area contributed by atoms with Gasteiger partial charge in [0.25, 0.3) is 0 Å². The molecular weight excluding hydrogens is 216 g/mol. The van der Waals surface area contributed by atoms with Crippen molar-refractivity contribution in [2.45, 2.75) is 59.2 Å². The lowest BCUT2D eigenvalue weighted by atomic mass is 9.97. The molecule has 1 rings (SSSR count). The second-order valence-corrected chi connectivity index (χ2v) is 4.69. The van der Waals surface area contributed by atoms with Crippen LogP contribution in [-0.4, -0.2) is 18.9 Å². The van der Waals surface area contributed by atoms with Crippen molar-refractivity contribution in [3.8, 4) is 0 Å². The normalized spacial score (nSPS) is 24.3. The van der Waals surface area contributed by atoms with Crippen molar-refractivity contribution in [2.75, 3.05) is 6.61 Å². The van der Waals surface area contributed by atoms with E-state index in [2.05, 4.69) is 6.92 Å². The van der Waals surface area contributed by atoms with Gasteiger partial charge in [0, 0.05) is 11.5 Å². The van der Waals surface area contributed by atoms with Gasteiger partial charge in [-0.25, -0.2) is 4.79 Å². The molecule has 1 fully saturated rings. The lowest BCUT2D eigenvalue weighted by Crippen LogP contribution is -2.43. The highest BCUT2D eigenvalue weighted by Gasteiger charge is 2.34. The predicted molar refractivity (Wildman–Crippen MR) is 67.5 cm³/mol. The summed E-state index contributed by atoms with van der Waals surface area (Å²) in [7, 11) is 0. The van der Waals surface area contributed by atoms with E-state index in [1.807, 2.05) is 6.92 Å². The maximum atomic E-state index is 11.5. The van der Waals surface area contributed by atoms with Crippen LogP contribution in [0.2, 0.25) is 0 Å². The zero-order valence-corrected chi connectivity index (χ0v) is 11.2. The van der Waals surface area contributed by atoms with Gasteiger partial charge in [0.15, 0.2) is 0 Å². The van der Waals surface area contributed by atoms with Gasteiger partial charge in [-0.3, -0.25) is 0 Å². The van der Waals surface area contributed by atoms with Crippen LogP contribution >= 0.6 is 0 Å². The number of unbranched alkanes of at least 4 members (excludes halogenated alkanes) is 3. The standard InChI is InChI=1S/C14H24O3/c1-4-6-7-8-9-12-10-16-14(12)17-13(15)11(3)5-2/h5,12,14H,4,6-10H2,1-3H3. The van der Waals surface area contributed by atoms with Crippen molar-refractivity contribution in [3.05, 3.63) is 11.6 Å². The Morgan fingerprint density at radius 3 is 2.71 bits per heavy atom. The van der Waals surface area contributed by atoms with E-state index in [-0.39, 0.29) is 12.3 Å². The quantitative estimate of drug-likeness (QED) is 0.388. The largest absolute Gasteiger partial charge is 0.432 e. The summed E-state index contributed by atoms with van der Waals surface area (Å²) in [6.45, 7) is 6.54. The van der Waals surface area contributed by atoms with Crippen LogP contribution in [-0.2, 0) is 14.3 Å². The maximum absolute atomic E-state index is 11.5. The van der Waals surface area contributed by atoms with Crippen molar-refractivity contribution >= 4 is 5.97 Å². The topological polar surface area (TPSA) is 35.5 Å². The van der Waals surface area contributed by atoms with Crippen LogP contribution in [0.5, 0.6) is 0 Å². The predicted octanol–water partition coefficient (Wildman–Crippen LogP) is 3.44. The molecule has 1 aliphatic rings. The van der Waals surface area contributed by atoms with E-state index < -0.39 is 0 Å². The minimum Gasteiger partial charge on any atom is -0.432 e. The van der Waals surface area contributed by atoms with Gasteiger partial charge in [-0.05, 0) is 20.3 Å². The summed E-state index contributed by atoms with van der Waals surface area (Å²) < 4.78 is 10.6. The average molecular weight is 240 g/mol. The first kappa shape index (κ1) is 14.2. The van der Waals surface area contributed by atoms with Gasteiger partial charge in [-0.2, -0.15) is 0 Å². The van der Waals surface area contributed by atoms with Crippen LogP contribution in [0.3, 0.4) is 0 Å². The highest BCUT2D eigenvalue weighted by molar-refractivity contribution is 5.87. The zero-order valence-electron chi connectivity index (χ0n) is 11.2. The summed E-state index contributed by atoms with van der Waals surface area (Å²) in [5.41, 5.74) is 0.644. The van der Waals surface area contributed by atoms with Gasteiger partial charge in [-0.15, -0.1) is 0 Å². The Labute approximate surface area is 104 Å². The van der Waals surface area contributed by atoms with Gasteiger partial charge in [0.05, 0.1) is 6.61 Å². The molecule has 0 N–H and O–H groups in total. The highest BCUT2D eigenvalue weighted by atomic mass is 16.7. The Kier molecular flexibility index (Phi) is 6.27. The molecule has 0 aromatic carbocycles. The van der Waals surface area contributed by atoms with Crippen LogP contribution < -0.4 is 0 Å².